The van der Waals surface area contributed by atoms with Crippen LogP contribution in [0.2, 0.25) is 0 Å². The lowest BCUT2D eigenvalue weighted by Gasteiger charge is -2.03. The van der Waals surface area contributed by atoms with Crippen LogP contribution in [0.15, 0.2) is 24.3 Å². The van der Waals surface area contributed by atoms with Crippen molar-refractivity contribution in [3.63, 3.8) is 0 Å². The number of benzene rings is 1. The Labute approximate surface area is 64.2 Å². The second kappa shape index (κ2) is 2.92. The highest BCUT2D eigenvalue weighted by atomic mass is 16.2. The van der Waals surface area contributed by atoms with E-state index >= 15 is 0 Å². The van der Waals surface area contributed by atoms with E-state index in [-0.39, 0.29) is 0 Å². The summed E-state index contributed by atoms with van der Waals surface area (Å²) in [5.41, 5.74) is 11.4. The van der Waals surface area contributed by atoms with Crippen molar-refractivity contribution in [2.45, 2.75) is 0 Å². The predicted molar refractivity (Wildman–Crippen MR) is 44.1 cm³/mol. The van der Waals surface area contributed by atoms with E-state index in [1.165, 1.54) is 0 Å². The second-order valence-electron chi connectivity index (χ2n) is 2.08. The summed E-state index contributed by atoms with van der Waals surface area (Å²) in [5, 5.41) is 2.39. The van der Waals surface area contributed by atoms with E-state index in [1.807, 2.05) is 0 Å². The number of anilines is 2. The van der Waals surface area contributed by atoms with Crippen molar-refractivity contribution in [2.75, 3.05) is 11.1 Å². The maximum atomic E-state index is 10.4. The molecule has 0 heterocycles. The number of rotatable bonds is 1. The topological polar surface area (TPSA) is 81.1 Å². The zero-order valence-corrected chi connectivity index (χ0v) is 5.87. The van der Waals surface area contributed by atoms with E-state index in [0.29, 0.717) is 11.4 Å². The van der Waals surface area contributed by atoms with Gasteiger partial charge in [0.05, 0.1) is 11.4 Å². The zero-order valence-electron chi connectivity index (χ0n) is 5.87. The number of urea groups is 1. The molecule has 58 valence electrons. The Hall–Kier alpha value is -1.71. The Bertz CT molecular complexity index is 272. The molecule has 0 spiro atoms. The third kappa shape index (κ3) is 1.86. The van der Waals surface area contributed by atoms with E-state index in [9.17, 15) is 4.79 Å². The standard InChI is InChI=1S/C7H9N3O/c8-5-3-1-2-4-6(5)10-7(9)11/h1-4H,8H2,(H3,9,10,11). The van der Waals surface area contributed by atoms with Gasteiger partial charge in [0.1, 0.15) is 0 Å². The summed E-state index contributed by atoms with van der Waals surface area (Å²) in [6, 6.07) is 6.30. The molecule has 1 aromatic rings. The molecule has 0 bridgehead atoms. The number of nitrogen functional groups attached to an aromatic ring is 1. The smallest absolute Gasteiger partial charge is 0.316 e. The van der Waals surface area contributed by atoms with Gasteiger partial charge in [0.2, 0.25) is 0 Å². The summed E-state index contributed by atoms with van der Waals surface area (Å²) in [6.45, 7) is 0. The van der Waals surface area contributed by atoms with Crippen LogP contribution in [0.5, 0.6) is 0 Å². The molecule has 0 aliphatic heterocycles. The Kier molecular flexibility index (Phi) is 1.96. The van der Waals surface area contributed by atoms with Crippen molar-refractivity contribution in [1.82, 2.24) is 0 Å². The molecule has 4 heteroatoms. The van der Waals surface area contributed by atoms with Gasteiger partial charge in [-0.1, -0.05) is 12.1 Å². The SMILES string of the molecule is NC(=O)Nc1ccccc1N. The number of nitrogens with two attached hydrogens (primary N) is 2. The van der Waals surface area contributed by atoms with Crippen molar-refractivity contribution in [2.24, 2.45) is 5.73 Å². The Balaban J connectivity index is 2.86. The molecule has 2 amide bonds. The van der Waals surface area contributed by atoms with Crippen molar-refractivity contribution in [1.29, 1.82) is 0 Å². The summed E-state index contributed by atoms with van der Waals surface area (Å²) in [5.74, 6) is 0. The number of hydrogen-bond donors (Lipinski definition) is 3. The minimum Gasteiger partial charge on any atom is -0.397 e. The van der Waals surface area contributed by atoms with Gasteiger partial charge in [0.15, 0.2) is 0 Å². The highest BCUT2D eigenvalue weighted by molar-refractivity contribution is 5.91. The van der Waals surface area contributed by atoms with Gasteiger partial charge in [0, 0.05) is 0 Å². The lowest BCUT2D eigenvalue weighted by molar-refractivity contribution is 0.259. The van der Waals surface area contributed by atoms with E-state index in [4.69, 9.17) is 11.5 Å². The summed E-state index contributed by atoms with van der Waals surface area (Å²) < 4.78 is 0. The normalized spacial score (nSPS) is 9.09. The first-order valence-electron chi connectivity index (χ1n) is 3.11. The number of nitrogens with one attached hydrogen (secondary N) is 1. The third-order valence-electron chi connectivity index (χ3n) is 1.22. The van der Waals surface area contributed by atoms with Gasteiger partial charge >= 0.3 is 6.03 Å². The van der Waals surface area contributed by atoms with Gasteiger partial charge in [0.25, 0.3) is 0 Å². The molecule has 4 nitrogen and oxygen atoms in total. The van der Waals surface area contributed by atoms with Gasteiger partial charge < -0.3 is 16.8 Å². The van der Waals surface area contributed by atoms with Gasteiger partial charge in [-0.2, -0.15) is 0 Å². The quantitative estimate of drug-likeness (QED) is 0.518. The lowest BCUT2D eigenvalue weighted by atomic mass is 10.3. The Morgan fingerprint density at radius 2 is 2.00 bits per heavy atom. The largest absolute Gasteiger partial charge is 0.397 e. The number of primary amides is 1. The fraction of sp³-hybridized carbons (Fsp3) is 0. The summed E-state index contributed by atoms with van der Waals surface area (Å²) in [7, 11) is 0. The molecule has 0 aliphatic rings. The predicted octanol–water partition coefficient (Wildman–Crippen LogP) is 0.759. The van der Waals surface area contributed by atoms with Crippen LogP contribution in [0.1, 0.15) is 0 Å². The van der Waals surface area contributed by atoms with Gasteiger partial charge in [-0.05, 0) is 12.1 Å². The van der Waals surface area contributed by atoms with Crippen molar-refractivity contribution in [3.8, 4) is 0 Å². The van der Waals surface area contributed by atoms with Crippen LogP contribution in [-0.4, -0.2) is 6.03 Å². The Morgan fingerprint density at radius 3 is 2.55 bits per heavy atom. The molecule has 0 radical (unpaired) electrons. The summed E-state index contributed by atoms with van der Waals surface area (Å²) in [6.07, 6.45) is 0. The number of carbonyl (C=O) groups excluding carboxylic acids is 1. The molecule has 0 atom stereocenters. The minimum atomic E-state index is -0.608. The summed E-state index contributed by atoms with van der Waals surface area (Å²) >= 11 is 0. The minimum absolute atomic E-state index is 0.506. The second-order valence-corrected chi connectivity index (χ2v) is 2.08. The van der Waals surface area contributed by atoms with Crippen molar-refractivity contribution >= 4 is 17.4 Å². The molecule has 0 aliphatic carbocycles. The van der Waals surface area contributed by atoms with Crippen LogP contribution in [-0.2, 0) is 0 Å². The monoisotopic (exact) mass is 151 g/mol. The lowest BCUT2D eigenvalue weighted by Crippen LogP contribution is -2.19. The van der Waals surface area contributed by atoms with Crippen molar-refractivity contribution in [3.05, 3.63) is 24.3 Å². The Morgan fingerprint density at radius 1 is 1.36 bits per heavy atom. The maximum Gasteiger partial charge on any atom is 0.316 e. The average molecular weight is 151 g/mol. The average Bonchev–Trinajstić information content (AvgIpc) is 1.93. The van der Waals surface area contributed by atoms with E-state index in [0.717, 1.165) is 0 Å². The number of para-hydroxylation sites is 2. The fourth-order valence-corrected chi connectivity index (χ4v) is 0.744. The molecular weight excluding hydrogens is 142 g/mol. The number of amides is 2. The fourth-order valence-electron chi connectivity index (χ4n) is 0.744. The first kappa shape index (κ1) is 7.40. The molecule has 1 rings (SSSR count). The van der Waals surface area contributed by atoms with Crippen molar-refractivity contribution < 1.29 is 4.79 Å². The molecule has 0 saturated heterocycles. The molecule has 1 aromatic carbocycles. The third-order valence-corrected chi connectivity index (χ3v) is 1.22. The molecule has 0 aromatic heterocycles. The van der Waals surface area contributed by atoms with E-state index in [2.05, 4.69) is 5.32 Å². The van der Waals surface area contributed by atoms with Crippen LogP contribution >= 0.6 is 0 Å². The van der Waals surface area contributed by atoms with Crippen LogP contribution < -0.4 is 16.8 Å². The van der Waals surface area contributed by atoms with Crippen LogP contribution in [0, 0.1) is 0 Å². The van der Waals surface area contributed by atoms with E-state index in [1.54, 1.807) is 24.3 Å². The first-order chi connectivity index (χ1) is 5.20. The van der Waals surface area contributed by atoms with E-state index < -0.39 is 6.03 Å². The molecule has 11 heavy (non-hydrogen) atoms. The zero-order chi connectivity index (χ0) is 8.27. The van der Waals surface area contributed by atoms with Gasteiger partial charge in [-0.15, -0.1) is 0 Å². The number of hydrogen-bond acceptors (Lipinski definition) is 2. The van der Waals surface area contributed by atoms with Gasteiger partial charge in [-0.3, -0.25) is 0 Å². The molecule has 0 unspecified atom stereocenters. The molecule has 5 N–H and O–H groups in total. The first-order valence-corrected chi connectivity index (χ1v) is 3.11. The molecule has 0 fully saturated rings. The molecule has 0 saturated carbocycles. The highest BCUT2D eigenvalue weighted by Crippen LogP contribution is 2.15. The summed E-state index contributed by atoms with van der Waals surface area (Å²) in [4.78, 5) is 10.4. The van der Waals surface area contributed by atoms with Crippen LogP contribution in [0.25, 0.3) is 0 Å². The highest BCUT2D eigenvalue weighted by Gasteiger charge is 1.97. The maximum absolute atomic E-state index is 10.4. The number of carbonyl (C=O) groups is 1. The molecular formula is C7H9N3O. The van der Waals surface area contributed by atoms with Crippen LogP contribution in [0.3, 0.4) is 0 Å². The van der Waals surface area contributed by atoms with Crippen LogP contribution in [0.4, 0.5) is 16.2 Å². The van der Waals surface area contributed by atoms with Gasteiger partial charge in [-0.25, -0.2) is 4.79 Å².